The first kappa shape index (κ1) is 15.5. The first-order valence-electron chi connectivity index (χ1n) is 6.67. The van der Waals surface area contributed by atoms with E-state index >= 15 is 0 Å². The van der Waals surface area contributed by atoms with Gasteiger partial charge in [-0.3, -0.25) is 4.79 Å². The van der Waals surface area contributed by atoms with Crippen molar-refractivity contribution in [1.82, 2.24) is 4.98 Å². The molecule has 0 atom stereocenters. The zero-order valence-electron chi connectivity index (χ0n) is 12.4. The van der Waals surface area contributed by atoms with Crippen LogP contribution in [0.5, 0.6) is 5.75 Å². The second kappa shape index (κ2) is 6.69. The van der Waals surface area contributed by atoms with Crippen LogP contribution in [0.4, 0.5) is 5.13 Å². The number of methoxy groups -OCH3 is 1. The van der Waals surface area contributed by atoms with Gasteiger partial charge in [-0.25, -0.2) is 4.98 Å². The Morgan fingerprint density at radius 2 is 2.19 bits per heavy atom. The molecule has 0 fully saturated rings. The first-order chi connectivity index (χ1) is 10.0. The summed E-state index contributed by atoms with van der Waals surface area (Å²) in [4.78, 5) is 17.1. The monoisotopic (exact) mass is 305 g/mol. The van der Waals surface area contributed by atoms with Gasteiger partial charge in [0, 0.05) is 23.4 Å². The van der Waals surface area contributed by atoms with Crippen molar-refractivity contribution < 1.29 is 9.53 Å². The molecule has 1 aromatic carbocycles. The van der Waals surface area contributed by atoms with E-state index < -0.39 is 0 Å². The summed E-state index contributed by atoms with van der Waals surface area (Å²) in [6.45, 7) is 4.32. The summed E-state index contributed by atoms with van der Waals surface area (Å²) in [5, 5.41) is 3.38. The van der Waals surface area contributed by atoms with E-state index in [9.17, 15) is 4.79 Å². The Hall–Kier alpha value is -1.92. The van der Waals surface area contributed by atoms with Gasteiger partial charge < -0.3 is 15.8 Å². The Morgan fingerprint density at radius 3 is 2.81 bits per heavy atom. The maximum Gasteiger partial charge on any atom is 0.227 e. The number of hydrogen-bond acceptors (Lipinski definition) is 5. The normalized spacial score (nSPS) is 10.5. The minimum absolute atomic E-state index is 0.108. The van der Waals surface area contributed by atoms with Crippen LogP contribution in [-0.2, 0) is 4.79 Å². The molecule has 0 saturated heterocycles. The Bertz CT molecular complexity index is 652. The van der Waals surface area contributed by atoms with E-state index in [-0.39, 0.29) is 5.91 Å². The van der Waals surface area contributed by atoms with E-state index in [1.165, 1.54) is 11.3 Å². The molecule has 0 bridgehead atoms. The fourth-order valence-corrected chi connectivity index (χ4v) is 2.91. The number of nitrogens with zero attached hydrogens (tertiary/aromatic N) is 1. The number of aromatic nitrogens is 1. The van der Waals surface area contributed by atoms with Gasteiger partial charge in [-0.15, -0.1) is 11.3 Å². The van der Waals surface area contributed by atoms with Crippen LogP contribution in [-0.4, -0.2) is 24.5 Å². The number of aryl methyl sites for hydroxylation is 2. The van der Waals surface area contributed by atoms with Crippen molar-refractivity contribution in [2.24, 2.45) is 5.73 Å². The van der Waals surface area contributed by atoms with Crippen LogP contribution < -0.4 is 15.8 Å². The van der Waals surface area contributed by atoms with E-state index in [0.29, 0.717) is 18.1 Å². The lowest BCUT2D eigenvalue weighted by molar-refractivity contribution is -0.116. The van der Waals surface area contributed by atoms with Crippen LogP contribution in [0.2, 0.25) is 0 Å². The maximum atomic E-state index is 11.6. The number of rotatable bonds is 5. The van der Waals surface area contributed by atoms with E-state index in [4.69, 9.17) is 10.5 Å². The molecule has 112 valence electrons. The summed E-state index contributed by atoms with van der Waals surface area (Å²) in [7, 11) is 1.65. The number of thiazole rings is 1. The lowest BCUT2D eigenvalue weighted by Crippen LogP contribution is -2.15. The van der Waals surface area contributed by atoms with Crippen LogP contribution in [0.25, 0.3) is 11.3 Å². The molecule has 0 unspecified atom stereocenters. The third-order valence-corrected chi connectivity index (χ3v) is 3.97. The van der Waals surface area contributed by atoms with Crippen LogP contribution in [0, 0.1) is 13.8 Å². The number of anilines is 1. The van der Waals surface area contributed by atoms with Crippen molar-refractivity contribution in [3.63, 3.8) is 0 Å². The van der Waals surface area contributed by atoms with Gasteiger partial charge in [-0.1, -0.05) is 0 Å². The Kier molecular flexibility index (Phi) is 4.93. The maximum absolute atomic E-state index is 11.6. The Balaban J connectivity index is 2.26. The average Bonchev–Trinajstić information content (AvgIpc) is 2.79. The highest BCUT2D eigenvalue weighted by Gasteiger charge is 2.12. The van der Waals surface area contributed by atoms with Crippen molar-refractivity contribution in [2.75, 3.05) is 19.0 Å². The number of ether oxygens (including phenoxy) is 1. The van der Waals surface area contributed by atoms with Crippen LogP contribution in [0.15, 0.2) is 18.2 Å². The number of nitrogens with two attached hydrogens (primary N) is 1. The van der Waals surface area contributed by atoms with Gasteiger partial charge in [-0.05, 0) is 37.6 Å². The highest BCUT2D eigenvalue weighted by Crippen LogP contribution is 2.32. The molecule has 1 heterocycles. The van der Waals surface area contributed by atoms with E-state index in [0.717, 1.165) is 27.4 Å². The highest BCUT2D eigenvalue weighted by molar-refractivity contribution is 7.16. The molecule has 2 rings (SSSR count). The molecule has 0 aliphatic carbocycles. The van der Waals surface area contributed by atoms with Crippen molar-refractivity contribution in [3.05, 3.63) is 28.6 Å². The van der Waals surface area contributed by atoms with Gasteiger partial charge in [0.1, 0.15) is 5.75 Å². The summed E-state index contributed by atoms with van der Waals surface area (Å²) in [5.41, 5.74) is 8.31. The van der Waals surface area contributed by atoms with Crippen molar-refractivity contribution in [3.8, 4) is 17.0 Å². The minimum Gasteiger partial charge on any atom is -0.496 e. The van der Waals surface area contributed by atoms with Crippen molar-refractivity contribution >= 4 is 22.4 Å². The van der Waals surface area contributed by atoms with Gasteiger partial charge in [0.25, 0.3) is 0 Å². The molecule has 21 heavy (non-hydrogen) atoms. The Labute approximate surface area is 128 Å². The predicted molar refractivity (Wildman–Crippen MR) is 85.9 cm³/mol. The summed E-state index contributed by atoms with van der Waals surface area (Å²) >= 11 is 1.46. The van der Waals surface area contributed by atoms with Crippen LogP contribution in [0.3, 0.4) is 0 Å². The molecule has 0 aliphatic rings. The lowest BCUT2D eigenvalue weighted by Gasteiger charge is -2.06. The largest absolute Gasteiger partial charge is 0.496 e. The molecule has 3 N–H and O–H groups in total. The standard InChI is InChI=1S/C15H19N3O2S/c1-9-8-11(4-5-12(9)20-3)14-10(2)21-15(18-14)17-13(19)6-7-16/h4-5,8H,6-7,16H2,1-3H3,(H,17,18,19). The molecule has 0 radical (unpaired) electrons. The number of carbonyl (C=O) groups excluding carboxylic acids is 1. The smallest absolute Gasteiger partial charge is 0.227 e. The lowest BCUT2D eigenvalue weighted by atomic mass is 10.1. The van der Waals surface area contributed by atoms with E-state index in [2.05, 4.69) is 10.3 Å². The topological polar surface area (TPSA) is 77.2 Å². The molecule has 5 nitrogen and oxygen atoms in total. The molecule has 0 aliphatic heterocycles. The fourth-order valence-electron chi connectivity index (χ4n) is 2.06. The summed E-state index contributed by atoms with van der Waals surface area (Å²) in [6, 6.07) is 5.93. The zero-order valence-corrected chi connectivity index (χ0v) is 13.2. The molecule has 6 heteroatoms. The van der Waals surface area contributed by atoms with Gasteiger partial charge >= 0.3 is 0 Å². The molecular weight excluding hydrogens is 286 g/mol. The second-order valence-electron chi connectivity index (χ2n) is 4.70. The third-order valence-electron chi connectivity index (χ3n) is 3.08. The van der Waals surface area contributed by atoms with Gasteiger partial charge in [0.2, 0.25) is 5.91 Å². The van der Waals surface area contributed by atoms with Crippen molar-refractivity contribution in [1.29, 1.82) is 0 Å². The number of benzene rings is 1. The van der Waals surface area contributed by atoms with E-state index in [1.807, 2.05) is 32.0 Å². The van der Waals surface area contributed by atoms with Gasteiger partial charge in [0.15, 0.2) is 5.13 Å². The molecule has 1 aromatic heterocycles. The van der Waals surface area contributed by atoms with Crippen LogP contribution >= 0.6 is 11.3 Å². The Morgan fingerprint density at radius 1 is 1.43 bits per heavy atom. The summed E-state index contributed by atoms with van der Waals surface area (Å²) < 4.78 is 5.26. The average molecular weight is 305 g/mol. The third kappa shape index (κ3) is 3.59. The molecular formula is C15H19N3O2S. The van der Waals surface area contributed by atoms with Gasteiger partial charge in [-0.2, -0.15) is 0 Å². The summed E-state index contributed by atoms with van der Waals surface area (Å²) in [6.07, 6.45) is 0.301. The molecule has 0 spiro atoms. The SMILES string of the molecule is COc1ccc(-c2nc(NC(=O)CCN)sc2C)cc1C. The first-order valence-corrected chi connectivity index (χ1v) is 7.49. The summed E-state index contributed by atoms with van der Waals surface area (Å²) in [5.74, 6) is 0.742. The van der Waals surface area contributed by atoms with Gasteiger partial charge in [0.05, 0.1) is 12.8 Å². The number of carbonyl (C=O) groups is 1. The fraction of sp³-hybridized carbons (Fsp3) is 0.333. The van der Waals surface area contributed by atoms with Crippen LogP contribution in [0.1, 0.15) is 16.9 Å². The quantitative estimate of drug-likeness (QED) is 0.890. The number of nitrogens with one attached hydrogen (secondary N) is 1. The van der Waals surface area contributed by atoms with E-state index in [1.54, 1.807) is 7.11 Å². The minimum atomic E-state index is -0.108. The number of amides is 1. The highest BCUT2D eigenvalue weighted by atomic mass is 32.1. The second-order valence-corrected chi connectivity index (χ2v) is 5.90. The van der Waals surface area contributed by atoms with Crippen molar-refractivity contribution in [2.45, 2.75) is 20.3 Å². The predicted octanol–water partition coefficient (Wildman–Crippen LogP) is 2.72. The molecule has 1 amide bonds. The number of hydrogen-bond donors (Lipinski definition) is 2. The zero-order chi connectivity index (χ0) is 15.4. The molecule has 0 saturated carbocycles. The molecule has 2 aromatic rings.